The van der Waals surface area contributed by atoms with Gasteiger partial charge in [-0.25, -0.2) is 9.79 Å². The first-order chi connectivity index (χ1) is 18.0. The third-order valence-corrected chi connectivity index (χ3v) is 8.86. The van der Waals surface area contributed by atoms with Gasteiger partial charge in [-0.1, -0.05) is 19.3 Å². The van der Waals surface area contributed by atoms with Crippen molar-refractivity contribution in [2.75, 3.05) is 7.11 Å². The highest BCUT2D eigenvalue weighted by Gasteiger charge is 2.27. The van der Waals surface area contributed by atoms with Gasteiger partial charge in [0.25, 0.3) is 5.91 Å². The molecule has 37 heavy (non-hydrogen) atoms. The maximum Gasteiger partial charge on any atom is 0.337 e. The molecule has 0 bridgehead atoms. The van der Waals surface area contributed by atoms with Crippen molar-refractivity contribution in [2.24, 2.45) is 4.99 Å². The van der Waals surface area contributed by atoms with Crippen molar-refractivity contribution < 1.29 is 14.3 Å². The van der Waals surface area contributed by atoms with Crippen LogP contribution in [0.2, 0.25) is 0 Å². The van der Waals surface area contributed by atoms with Gasteiger partial charge in [0, 0.05) is 39.8 Å². The zero-order valence-corrected chi connectivity index (χ0v) is 22.7. The van der Waals surface area contributed by atoms with E-state index in [1.165, 1.54) is 43.2 Å². The van der Waals surface area contributed by atoms with Crippen LogP contribution in [0.1, 0.15) is 93.1 Å². The summed E-state index contributed by atoms with van der Waals surface area (Å²) in [5.41, 5.74) is 6.66. The summed E-state index contributed by atoms with van der Waals surface area (Å²) in [4.78, 5) is 31.5. The summed E-state index contributed by atoms with van der Waals surface area (Å²) in [5, 5.41) is 4.16. The molecule has 194 valence electrons. The second-order valence-corrected chi connectivity index (χ2v) is 11.2. The molecular formula is C30H35N3O3S. The Labute approximate surface area is 222 Å². The third-order valence-electron chi connectivity index (χ3n) is 7.66. The van der Waals surface area contributed by atoms with Crippen LogP contribution in [0.3, 0.4) is 0 Å². The molecule has 2 aliphatic carbocycles. The Morgan fingerprint density at radius 1 is 1.05 bits per heavy atom. The Bertz CT molecular complexity index is 1330. The maximum absolute atomic E-state index is 13.5. The molecule has 1 fully saturated rings. The molecule has 1 N–H and O–H groups in total. The molecule has 5 rings (SSSR count). The van der Waals surface area contributed by atoms with E-state index < -0.39 is 0 Å². The quantitative estimate of drug-likeness (QED) is 0.294. The second kappa shape index (κ2) is 11.1. The van der Waals surface area contributed by atoms with E-state index >= 15 is 0 Å². The minimum atomic E-state index is -0.345. The molecule has 0 aliphatic heterocycles. The highest BCUT2D eigenvalue weighted by atomic mass is 32.1. The van der Waals surface area contributed by atoms with E-state index in [-0.39, 0.29) is 17.9 Å². The Hall–Kier alpha value is -3.19. The fourth-order valence-electron chi connectivity index (χ4n) is 5.69. The number of carbonyl (C=O) groups excluding carboxylic acids is 2. The predicted octanol–water partition coefficient (Wildman–Crippen LogP) is 6.63. The lowest BCUT2D eigenvalue weighted by Gasteiger charge is -2.23. The lowest BCUT2D eigenvalue weighted by atomic mass is 9.93. The van der Waals surface area contributed by atoms with Crippen LogP contribution < -0.4 is 5.32 Å². The Morgan fingerprint density at radius 3 is 2.51 bits per heavy atom. The first kappa shape index (κ1) is 25.5. The molecule has 2 heterocycles. The molecule has 1 aromatic carbocycles. The minimum absolute atomic E-state index is 0.0506. The fraction of sp³-hybridized carbons (Fsp3) is 0.433. The number of thiophene rings is 1. The highest BCUT2D eigenvalue weighted by molar-refractivity contribution is 7.16. The maximum atomic E-state index is 13.5. The average molecular weight is 518 g/mol. The molecule has 1 amide bonds. The van der Waals surface area contributed by atoms with E-state index in [9.17, 15) is 9.59 Å². The van der Waals surface area contributed by atoms with Gasteiger partial charge in [0.1, 0.15) is 5.00 Å². The van der Waals surface area contributed by atoms with Crippen molar-refractivity contribution in [1.29, 1.82) is 0 Å². The fourth-order valence-corrected chi connectivity index (χ4v) is 6.92. The molecule has 0 spiro atoms. The number of nitrogens with zero attached hydrogens (tertiary/aromatic N) is 2. The number of fused-ring (bicyclic) bond motifs is 1. The van der Waals surface area contributed by atoms with Crippen molar-refractivity contribution in [1.82, 2.24) is 9.88 Å². The van der Waals surface area contributed by atoms with E-state index in [4.69, 9.17) is 9.73 Å². The van der Waals surface area contributed by atoms with Gasteiger partial charge in [0.15, 0.2) is 0 Å². The lowest BCUT2D eigenvalue weighted by Crippen LogP contribution is -2.36. The number of rotatable bonds is 6. The summed E-state index contributed by atoms with van der Waals surface area (Å²) >= 11 is 1.68. The number of nitrogens with one attached hydrogen (secondary N) is 1. The number of aromatic nitrogens is 1. The number of benzene rings is 1. The van der Waals surface area contributed by atoms with Crippen molar-refractivity contribution in [3.8, 4) is 5.69 Å². The number of esters is 1. The van der Waals surface area contributed by atoms with E-state index in [1.807, 2.05) is 18.3 Å². The second-order valence-electron chi connectivity index (χ2n) is 10.2. The SMILES string of the molecule is COC(=O)c1ccc(-n2c(C)cc(C=Nc3sc4c(c3C(=O)NC3CCCCC3)CCCC4)c2C)cc1. The lowest BCUT2D eigenvalue weighted by molar-refractivity contribution is 0.0600. The van der Waals surface area contributed by atoms with E-state index in [2.05, 4.69) is 29.8 Å². The number of carbonyl (C=O) groups is 2. The van der Waals surface area contributed by atoms with Gasteiger partial charge in [0.2, 0.25) is 0 Å². The summed E-state index contributed by atoms with van der Waals surface area (Å²) in [7, 11) is 1.39. The van der Waals surface area contributed by atoms with Crippen molar-refractivity contribution in [3.63, 3.8) is 0 Å². The van der Waals surface area contributed by atoms with Gasteiger partial charge >= 0.3 is 5.97 Å². The number of ether oxygens (including phenoxy) is 1. The van der Waals surface area contributed by atoms with Gasteiger partial charge in [-0.2, -0.15) is 0 Å². The first-order valence-corrected chi connectivity index (χ1v) is 14.1. The van der Waals surface area contributed by atoms with E-state index in [1.54, 1.807) is 23.5 Å². The molecule has 0 atom stereocenters. The van der Waals surface area contributed by atoms with Crippen LogP contribution in [0.15, 0.2) is 35.3 Å². The molecule has 1 saturated carbocycles. The van der Waals surface area contributed by atoms with Crippen LogP contribution in [0.25, 0.3) is 5.69 Å². The number of hydrogen-bond donors (Lipinski definition) is 1. The third kappa shape index (κ3) is 5.28. The molecule has 0 saturated heterocycles. The van der Waals surface area contributed by atoms with E-state index in [0.29, 0.717) is 5.56 Å². The number of aryl methyl sites for hydroxylation is 2. The predicted molar refractivity (Wildman–Crippen MR) is 149 cm³/mol. The molecule has 7 heteroatoms. The van der Waals surface area contributed by atoms with Crippen LogP contribution in [0.5, 0.6) is 0 Å². The Balaban J connectivity index is 1.43. The summed E-state index contributed by atoms with van der Waals surface area (Å²) in [6, 6.07) is 9.80. The number of amides is 1. The van der Waals surface area contributed by atoms with Crippen LogP contribution in [-0.2, 0) is 17.6 Å². The summed E-state index contributed by atoms with van der Waals surface area (Å²) in [5.74, 6) is -0.295. The Kier molecular flexibility index (Phi) is 7.60. The first-order valence-electron chi connectivity index (χ1n) is 13.3. The minimum Gasteiger partial charge on any atom is -0.465 e. The largest absolute Gasteiger partial charge is 0.465 e. The van der Waals surface area contributed by atoms with Gasteiger partial charge in [-0.15, -0.1) is 11.3 Å². The topological polar surface area (TPSA) is 72.7 Å². The van der Waals surface area contributed by atoms with E-state index in [0.717, 1.165) is 65.3 Å². The average Bonchev–Trinajstić information content (AvgIpc) is 3.43. The standard InChI is InChI=1S/C30H35N3O3S/c1-19-17-22(20(2)33(19)24-15-13-21(14-16-24)30(35)36-3)18-31-29-27(25-11-7-8-12-26(25)37-29)28(34)32-23-9-5-4-6-10-23/h13-18,23H,4-12H2,1-3H3,(H,32,34). The summed E-state index contributed by atoms with van der Waals surface area (Å²) in [6.45, 7) is 4.13. The molecular weight excluding hydrogens is 482 g/mol. The normalized spacial score (nSPS) is 16.1. The molecule has 0 unspecified atom stereocenters. The van der Waals surface area contributed by atoms with Gasteiger partial charge in [-0.05, 0) is 88.3 Å². The summed E-state index contributed by atoms with van der Waals surface area (Å²) < 4.78 is 6.97. The number of aliphatic imine (C=N–C) groups is 1. The Morgan fingerprint density at radius 2 is 1.78 bits per heavy atom. The molecule has 2 aliphatic rings. The monoisotopic (exact) mass is 517 g/mol. The summed E-state index contributed by atoms with van der Waals surface area (Å²) in [6.07, 6.45) is 12.0. The smallest absolute Gasteiger partial charge is 0.337 e. The van der Waals surface area contributed by atoms with Crippen molar-refractivity contribution in [2.45, 2.75) is 77.7 Å². The number of hydrogen-bond acceptors (Lipinski definition) is 5. The van der Waals surface area contributed by atoms with Gasteiger partial charge < -0.3 is 14.6 Å². The van der Waals surface area contributed by atoms with Crippen LogP contribution >= 0.6 is 11.3 Å². The van der Waals surface area contributed by atoms with Gasteiger partial charge in [-0.3, -0.25) is 4.79 Å². The zero-order valence-electron chi connectivity index (χ0n) is 21.9. The van der Waals surface area contributed by atoms with Gasteiger partial charge in [0.05, 0.1) is 18.2 Å². The highest BCUT2D eigenvalue weighted by Crippen LogP contribution is 2.40. The molecule has 0 radical (unpaired) electrons. The molecule has 6 nitrogen and oxygen atoms in total. The van der Waals surface area contributed by atoms with Crippen LogP contribution in [-0.4, -0.2) is 35.8 Å². The zero-order chi connectivity index (χ0) is 25.9. The van der Waals surface area contributed by atoms with Crippen LogP contribution in [0, 0.1) is 13.8 Å². The van der Waals surface area contributed by atoms with Crippen LogP contribution in [0.4, 0.5) is 5.00 Å². The molecule has 3 aromatic rings. The number of methoxy groups -OCH3 is 1. The van der Waals surface area contributed by atoms with Crippen molar-refractivity contribution in [3.05, 3.63) is 68.9 Å². The molecule has 2 aromatic heterocycles. The van der Waals surface area contributed by atoms with Crippen molar-refractivity contribution >= 4 is 34.4 Å².